The minimum absolute atomic E-state index is 0.119. The molecule has 2 N–H and O–H groups in total. The molecule has 0 spiro atoms. The van der Waals surface area contributed by atoms with Crippen molar-refractivity contribution in [2.45, 2.75) is 6.18 Å². The molecule has 0 unspecified atom stereocenters. The topological polar surface area (TPSA) is 41.1 Å². The van der Waals surface area contributed by atoms with Crippen molar-refractivity contribution in [2.75, 3.05) is 17.2 Å². The predicted molar refractivity (Wildman–Crippen MR) is 87.7 cm³/mol. The van der Waals surface area contributed by atoms with E-state index in [1.165, 1.54) is 12.1 Å². The van der Waals surface area contributed by atoms with Crippen LogP contribution in [-0.4, -0.2) is 12.5 Å². The standard InChI is InChI=1S/C15H12F3IN2O/c16-15(17,18)10-4-3-5-11(8-10)20-9-14(22)21-13-7-2-1-6-12(13)19/h1-8,20H,9H2,(H,21,22). The van der Waals surface area contributed by atoms with Crippen LogP contribution in [0.15, 0.2) is 48.5 Å². The van der Waals surface area contributed by atoms with Crippen LogP contribution in [0.25, 0.3) is 0 Å². The lowest BCUT2D eigenvalue weighted by atomic mass is 10.2. The smallest absolute Gasteiger partial charge is 0.376 e. The fourth-order valence-electron chi connectivity index (χ4n) is 1.74. The number of anilines is 2. The van der Waals surface area contributed by atoms with Gasteiger partial charge in [0.25, 0.3) is 0 Å². The number of rotatable bonds is 4. The van der Waals surface area contributed by atoms with Crippen LogP contribution in [-0.2, 0) is 11.0 Å². The molecule has 7 heteroatoms. The summed E-state index contributed by atoms with van der Waals surface area (Å²) in [6, 6.07) is 12.0. The van der Waals surface area contributed by atoms with Crippen LogP contribution in [0.5, 0.6) is 0 Å². The zero-order valence-corrected chi connectivity index (χ0v) is 13.4. The molecule has 0 heterocycles. The Morgan fingerprint density at radius 2 is 1.82 bits per heavy atom. The summed E-state index contributed by atoms with van der Waals surface area (Å²) in [6.07, 6.45) is -4.40. The van der Waals surface area contributed by atoms with Gasteiger partial charge in [-0.2, -0.15) is 13.2 Å². The van der Waals surface area contributed by atoms with E-state index in [4.69, 9.17) is 0 Å². The zero-order chi connectivity index (χ0) is 16.2. The first kappa shape index (κ1) is 16.6. The summed E-state index contributed by atoms with van der Waals surface area (Å²) < 4.78 is 38.7. The molecular formula is C15H12F3IN2O. The molecule has 3 nitrogen and oxygen atoms in total. The van der Waals surface area contributed by atoms with E-state index in [-0.39, 0.29) is 18.1 Å². The monoisotopic (exact) mass is 420 g/mol. The van der Waals surface area contributed by atoms with Gasteiger partial charge < -0.3 is 10.6 Å². The molecule has 116 valence electrons. The first-order chi connectivity index (χ1) is 10.4. The van der Waals surface area contributed by atoms with E-state index in [0.717, 1.165) is 15.7 Å². The van der Waals surface area contributed by atoms with E-state index < -0.39 is 11.7 Å². The van der Waals surface area contributed by atoms with Gasteiger partial charge in [0.15, 0.2) is 0 Å². The molecule has 0 radical (unpaired) electrons. The Morgan fingerprint density at radius 3 is 2.50 bits per heavy atom. The average Bonchev–Trinajstić information content (AvgIpc) is 2.47. The molecule has 0 atom stereocenters. The van der Waals surface area contributed by atoms with Crippen molar-refractivity contribution in [1.29, 1.82) is 0 Å². The van der Waals surface area contributed by atoms with Gasteiger partial charge in [0, 0.05) is 9.26 Å². The predicted octanol–water partition coefficient (Wildman–Crippen LogP) is 4.36. The molecule has 0 saturated heterocycles. The molecule has 0 aliphatic heterocycles. The molecule has 0 saturated carbocycles. The first-order valence-corrected chi connectivity index (χ1v) is 7.39. The lowest BCUT2D eigenvalue weighted by Gasteiger charge is -2.11. The number of hydrogen-bond acceptors (Lipinski definition) is 2. The van der Waals surface area contributed by atoms with Crippen molar-refractivity contribution < 1.29 is 18.0 Å². The molecule has 2 aromatic carbocycles. The van der Waals surface area contributed by atoms with Gasteiger partial charge in [0.1, 0.15) is 0 Å². The average molecular weight is 420 g/mol. The molecule has 0 fully saturated rings. The maximum atomic E-state index is 12.6. The summed E-state index contributed by atoms with van der Waals surface area (Å²) in [6.45, 7) is -0.119. The van der Waals surface area contributed by atoms with Crippen LogP contribution in [0.3, 0.4) is 0 Å². The largest absolute Gasteiger partial charge is 0.416 e. The summed E-state index contributed by atoms with van der Waals surface area (Å²) in [5.41, 5.74) is 0.155. The fourth-order valence-corrected chi connectivity index (χ4v) is 2.27. The maximum absolute atomic E-state index is 12.6. The molecule has 1 amide bonds. The lowest BCUT2D eigenvalue weighted by molar-refractivity contribution is -0.137. The number of alkyl halides is 3. The van der Waals surface area contributed by atoms with Gasteiger partial charge in [0.05, 0.1) is 17.8 Å². The van der Waals surface area contributed by atoms with Crippen molar-refractivity contribution >= 4 is 39.9 Å². The number of carbonyl (C=O) groups excluding carboxylic acids is 1. The lowest BCUT2D eigenvalue weighted by Crippen LogP contribution is -2.22. The Morgan fingerprint density at radius 1 is 1.09 bits per heavy atom. The van der Waals surface area contributed by atoms with E-state index in [0.29, 0.717) is 5.69 Å². The molecule has 22 heavy (non-hydrogen) atoms. The zero-order valence-electron chi connectivity index (χ0n) is 11.2. The third kappa shape index (κ3) is 4.62. The highest BCUT2D eigenvalue weighted by Crippen LogP contribution is 2.30. The van der Waals surface area contributed by atoms with Gasteiger partial charge in [-0.15, -0.1) is 0 Å². The van der Waals surface area contributed by atoms with Crippen LogP contribution in [0, 0.1) is 3.57 Å². The molecule has 2 aromatic rings. The number of benzene rings is 2. The maximum Gasteiger partial charge on any atom is 0.416 e. The highest BCUT2D eigenvalue weighted by atomic mass is 127. The molecular weight excluding hydrogens is 408 g/mol. The second kappa shape index (κ2) is 6.99. The highest BCUT2D eigenvalue weighted by Gasteiger charge is 2.30. The van der Waals surface area contributed by atoms with Gasteiger partial charge in [-0.1, -0.05) is 18.2 Å². The summed E-state index contributed by atoms with van der Waals surface area (Å²) in [5, 5.41) is 5.38. The summed E-state index contributed by atoms with van der Waals surface area (Å²) >= 11 is 2.09. The minimum atomic E-state index is -4.40. The number of para-hydroxylation sites is 1. The molecule has 0 aromatic heterocycles. The second-order valence-corrected chi connectivity index (χ2v) is 5.62. The third-order valence-electron chi connectivity index (χ3n) is 2.79. The summed E-state index contributed by atoms with van der Waals surface area (Å²) in [7, 11) is 0. The number of halogens is 4. The first-order valence-electron chi connectivity index (χ1n) is 6.32. The van der Waals surface area contributed by atoms with Crippen molar-refractivity contribution in [2.24, 2.45) is 0 Å². The Labute approximate surface area is 139 Å². The van der Waals surface area contributed by atoms with Gasteiger partial charge in [0.2, 0.25) is 5.91 Å². The van der Waals surface area contributed by atoms with Crippen molar-refractivity contribution in [3.63, 3.8) is 0 Å². The van der Waals surface area contributed by atoms with Crippen LogP contribution >= 0.6 is 22.6 Å². The van der Waals surface area contributed by atoms with Crippen LogP contribution < -0.4 is 10.6 Å². The number of carbonyl (C=O) groups is 1. The van der Waals surface area contributed by atoms with Gasteiger partial charge >= 0.3 is 6.18 Å². The van der Waals surface area contributed by atoms with Crippen molar-refractivity contribution in [1.82, 2.24) is 0 Å². The van der Waals surface area contributed by atoms with Crippen LogP contribution in [0.2, 0.25) is 0 Å². The van der Waals surface area contributed by atoms with Gasteiger partial charge in [-0.05, 0) is 52.9 Å². The third-order valence-corrected chi connectivity index (χ3v) is 3.73. The summed E-state index contributed by atoms with van der Waals surface area (Å²) in [4.78, 5) is 11.8. The Hall–Kier alpha value is -1.77. The fraction of sp³-hybridized carbons (Fsp3) is 0.133. The quantitative estimate of drug-likeness (QED) is 0.722. The second-order valence-electron chi connectivity index (χ2n) is 4.46. The Bertz CT molecular complexity index is 674. The molecule has 0 aliphatic rings. The molecule has 0 aliphatic carbocycles. The van der Waals surface area contributed by atoms with Crippen molar-refractivity contribution in [3.8, 4) is 0 Å². The number of nitrogens with one attached hydrogen (secondary N) is 2. The van der Waals surface area contributed by atoms with E-state index in [1.807, 2.05) is 12.1 Å². The number of hydrogen-bond donors (Lipinski definition) is 2. The van der Waals surface area contributed by atoms with E-state index >= 15 is 0 Å². The highest BCUT2D eigenvalue weighted by molar-refractivity contribution is 14.1. The van der Waals surface area contributed by atoms with E-state index in [1.54, 1.807) is 12.1 Å². The van der Waals surface area contributed by atoms with E-state index in [2.05, 4.69) is 33.2 Å². The molecule has 0 bridgehead atoms. The molecule has 2 rings (SSSR count). The van der Waals surface area contributed by atoms with E-state index in [9.17, 15) is 18.0 Å². The van der Waals surface area contributed by atoms with Crippen LogP contribution in [0.1, 0.15) is 5.56 Å². The summed E-state index contributed by atoms with van der Waals surface area (Å²) in [5.74, 6) is -0.332. The van der Waals surface area contributed by atoms with Gasteiger partial charge in [-0.3, -0.25) is 4.79 Å². The van der Waals surface area contributed by atoms with Gasteiger partial charge in [-0.25, -0.2) is 0 Å². The number of amides is 1. The Kier molecular flexibility index (Phi) is 5.28. The SMILES string of the molecule is O=C(CNc1cccc(C(F)(F)F)c1)Nc1ccccc1I. The Balaban J connectivity index is 1.96. The normalized spacial score (nSPS) is 11.1. The van der Waals surface area contributed by atoms with Crippen molar-refractivity contribution in [3.05, 3.63) is 57.7 Å². The minimum Gasteiger partial charge on any atom is -0.376 e. The van der Waals surface area contributed by atoms with Crippen LogP contribution in [0.4, 0.5) is 24.5 Å².